The van der Waals surface area contributed by atoms with E-state index in [4.69, 9.17) is 9.84 Å². The van der Waals surface area contributed by atoms with E-state index in [1.807, 2.05) is 0 Å². The number of hydrogen-bond donors (Lipinski definition) is 2. The summed E-state index contributed by atoms with van der Waals surface area (Å²) >= 11 is 1.33. The lowest BCUT2D eigenvalue weighted by Crippen LogP contribution is -2.01. The van der Waals surface area contributed by atoms with Crippen molar-refractivity contribution < 1.29 is 19.6 Å². The molecule has 21 heavy (non-hydrogen) atoms. The molecule has 0 radical (unpaired) electrons. The van der Waals surface area contributed by atoms with Crippen molar-refractivity contribution in [3.8, 4) is 5.75 Å². The van der Waals surface area contributed by atoms with Crippen molar-refractivity contribution in [2.75, 3.05) is 12.4 Å². The number of nitro groups is 1. The largest absolute Gasteiger partial charge is 0.494 e. The standard InChI is InChI=1S/C13H12N2O5S/c1-20-12-5-9(15(18)19)2-3-11(12)14-6-10-4-8(7-21-10)13(16)17/h2-5,7,14H,6H2,1H3,(H,16,17). The maximum atomic E-state index is 10.8. The van der Waals surface area contributed by atoms with Gasteiger partial charge in [-0.3, -0.25) is 10.1 Å². The molecule has 1 aromatic heterocycles. The fourth-order valence-electron chi connectivity index (χ4n) is 1.71. The molecule has 2 N–H and O–H groups in total. The van der Waals surface area contributed by atoms with Crippen LogP contribution in [0.3, 0.4) is 0 Å². The Hall–Kier alpha value is -2.61. The van der Waals surface area contributed by atoms with Crippen LogP contribution < -0.4 is 10.1 Å². The summed E-state index contributed by atoms with van der Waals surface area (Å²) in [6, 6.07) is 5.85. The van der Waals surface area contributed by atoms with Crippen molar-refractivity contribution in [3.05, 3.63) is 50.2 Å². The van der Waals surface area contributed by atoms with Crippen LogP contribution in [-0.4, -0.2) is 23.1 Å². The first-order valence-corrected chi connectivity index (χ1v) is 6.76. The summed E-state index contributed by atoms with van der Waals surface area (Å²) < 4.78 is 5.11. The number of aromatic carboxylic acids is 1. The first-order chi connectivity index (χ1) is 10.0. The molecule has 7 nitrogen and oxygen atoms in total. The maximum Gasteiger partial charge on any atom is 0.336 e. The minimum absolute atomic E-state index is 0.0540. The zero-order valence-corrected chi connectivity index (χ0v) is 11.8. The molecule has 110 valence electrons. The van der Waals surface area contributed by atoms with Gasteiger partial charge in [0.25, 0.3) is 5.69 Å². The van der Waals surface area contributed by atoms with Crippen LogP contribution in [0.2, 0.25) is 0 Å². The highest BCUT2D eigenvalue weighted by Crippen LogP contribution is 2.29. The molecule has 0 aliphatic carbocycles. The molecule has 0 fully saturated rings. The molecule has 0 bridgehead atoms. The average molecular weight is 308 g/mol. The topological polar surface area (TPSA) is 102 Å². The van der Waals surface area contributed by atoms with Crippen LogP contribution in [0.25, 0.3) is 0 Å². The summed E-state index contributed by atoms with van der Waals surface area (Å²) in [6.07, 6.45) is 0. The molecule has 0 unspecified atom stereocenters. The van der Waals surface area contributed by atoms with Gasteiger partial charge in [-0.15, -0.1) is 11.3 Å². The van der Waals surface area contributed by atoms with E-state index in [-0.39, 0.29) is 11.3 Å². The SMILES string of the molecule is COc1cc([N+](=O)[O-])ccc1NCc1cc(C(=O)O)cs1. The number of carbonyl (C=O) groups is 1. The van der Waals surface area contributed by atoms with Gasteiger partial charge in [0.05, 0.1) is 29.4 Å². The summed E-state index contributed by atoms with van der Waals surface area (Å²) in [4.78, 5) is 21.8. The summed E-state index contributed by atoms with van der Waals surface area (Å²) in [7, 11) is 1.43. The molecule has 1 aromatic carbocycles. The van der Waals surface area contributed by atoms with E-state index in [2.05, 4.69) is 5.32 Å². The van der Waals surface area contributed by atoms with Gasteiger partial charge in [0, 0.05) is 22.9 Å². The van der Waals surface area contributed by atoms with Crippen LogP contribution >= 0.6 is 11.3 Å². The van der Waals surface area contributed by atoms with E-state index in [9.17, 15) is 14.9 Å². The van der Waals surface area contributed by atoms with E-state index >= 15 is 0 Å². The first kappa shape index (κ1) is 14.8. The fraction of sp³-hybridized carbons (Fsp3) is 0.154. The van der Waals surface area contributed by atoms with Crippen LogP contribution in [0.1, 0.15) is 15.2 Å². The van der Waals surface area contributed by atoms with Gasteiger partial charge in [-0.2, -0.15) is 0 Å². The molecule has 0 spiro atoms. The fourth-order valence-corrected chi connectivity index (χ4v) is 2.51. The Morgan fingerprint density at radius 1 is 1.48 bits per heavy atom. The number of nitrogens with one attached hydrogen (secondary N) is 1. The number of thiophene rings is 1. The normalized spacial score (nSPS) is 10.1. The van der Waals surface area contributed by atoms with Gasteiger partial charge in [-0.25, -0.2) is 4.79 Å². The molecule has 0 amide bonds. The first-order valence-electron chi connectivity index (χ1n) is 5.88. The second kappa shape index (κ2) is 6.23. The number of nitrogens with zero attached hydrogens (tertiary/aromatic N) is 1. The summed E-state index contributed by atoms with van der Waals surface area (Å²) in [6.45, 7) is 0.409. The number of carboxylic acid groups (broad SMARTS) is 1. The van der Waals surface area contributed by atoms with Gasteiger partial charge >= 0.3 is 5.97 Å². The Morgan fingerprint density at radius 3 is 2.81 bits per heavy atom. The van der Waals surface area contributed by atoms with E-state index < -0.39 is 10.9 Å². The Bertz CT molecular complexity index is 683. The van der Waals surface area contributed by atoms with E-state index in [1.54, 1.807) is 17.5 Å². The number of non-ortho nitro benzene ring substituents is 1. The third kappa shape index (κ3) is 3.48. The van der Waals surface area contributed by atoms with Crippen LogP contribution in [-0.2, 0) is 6.54 Å². The molecule has 2 aromatic rings. The quantitative estimate of drug-likeness (QED) is 0.628. The summed E-state index contributed by atoms with van der Waals surface area (Å²) in [5.74, 6) is -0.607. The van der Waals surface area contributed by atoms with Crippen molar-refractivity contribution in [3.63, 3.8) is 0 Å². The zero-order chi connectivity index (χ0) is 15.4. The van der Waals surface area contributed by atoms with Crippen molar-refractivity contribution in [2.45, 2.75) is 6.54 Å². The molecule has 0 atom stereocenters. The zero-order valence-electron chi connectivity index (χ0n) is 11.0. The molecule has 2 rings (SSSR count). The van der Waals surface area contributed by atoms with Gasteiger partial charge in [-0.1, -0.05) is 0 Å². The second-order valence-corrected chi connectivity index (χ2v) is 5.10. The lowest BCUT2D eigenvalue weighted by Gasteiger charge is -2.10. The smallest absolute Gasteiger partial charge is 0.336 e. The Labute approximate surface area is 123 Å². The lowest BCUT2D eigenvalue weighted by molar-refractivity contribution is -0.384. The van der Waals surface area contributed by atoms with Gasteiger partial charge in [0.1, 0.15) is 5.75 Å². The number of carboxylic acids is 1. The van der Waals surface area contributed by atoms with Gasteiger partial charge in [-0.05, 0) is 12.1 Å². The third-order valence-corrected chi connectivity index (χ3v) is 3.69. The summed E-state index contributed by atoms with van der Waals surface area (Å²) in [5.41, 5.74) is 0.794. The highest BCUT2D eigenvalue weighted by atomic mass is 32.1. The molecular weight excluding hydrogens is 296 g/mol. The van der Waals surface area contributed by atoms with Crippen LogP contribution in [0.5, 0.6) is 5.75 Å². The number of rotatable bonds is 6. The predicted octanol–water partition coefficient (Wildman–Crippen LogP) is 2.98. The number of anilines is 1. The van der Waals surface area contributed by atoms with E-state index in [0.717, 1.165) is 4.88 Å². The van der Waals surface area contributed by atoms with Crippen molar-refractivity contribution >= 4 is 28.7 Å². The minimum Gasteiger partial charge on any atom is -0.494 e. The van der Waals surface area contributed by atoms with Crippen LogP contribution in [0.4, 0.5) is 11.4 Å². The molecule has 0 saturated heterocycles. The Balaban J connectivity index is 2.11. The van der Waals surface area contributed by atoms with Gasteiger partial charge in [0.15, 0.2) is 0 Å². The van der Waals surface area contributed by atoms with Gasteiger partial charge < -0.3 is 15.2 Å². The van der Waals surface area contributed by atoms with Crippen molar-refractivity contribution in [1.82, 2.24) is 0 Å². The Kier molecular flexibility index (Phi) is 4.39. The number of hydrogen-bond acceptors (Lipinski definition) is 6. The Morgan fingerprint density at radius 2 is 2.24 bits per heavy atom. The van der Waals surface area contributed by atoms with Gasteiger partial charge in [0.2, 0.25) is 0 Å². The average Bonchev–Trinajstić information content (AvgIpc) is 2.93. The predicted molar refractivity (Wildman–Crippen MR) is 78.3 cm³/mol. The minimum atomic E-state index is -0.967. The number of nitro benzene ring substituents is 1. The number of ether oxygens (including phenoxy) is 1. The highest BCUT2D eigenvalue weighted by Gasteiger charge is 2.12. The second-order valence-electron chi connectivity index (χ2n) is 4.10. The molecule has 8 heteroatoms. The third-order valence-electron chi connectivity index (χ3n) is 2.75. The summed E-state index contributed by atoms with van der Waals surface area (Å²) in [5, 5.41) is 24.2. The molecule has 0 aliphatic heterocycles. The number of methoxy groups -OCH3 is 1. The monoisotopic (exact) mass is 308 g/mol. The van der Waals surface area contributed by atoms with E-state index in [0.29, 0.717) is 18.0 Å². The lowest BCUT2D eigenvalue weighted by atomic mass is 10.2. The maximum absolute atomic E-state index is 10.8. The van der Waals surface area contributed by atoms with Crippen LogP contribution in [0.15, 0.2) is 29.6 Å². The number of benzene rings is 1. The molecule has 1 heterocycles. The molecular formula is C13H12N2O5S. The van der Waals surface area contributed by atoms with Crippen molar-refractivity contribution in [1.29, 1.82) is 0 Å². The van der Waals surface area contributed by atoms with Crippen molar-refractivity contribution in [2.24, 2.45) is 0 Å². The highest BCUT2D eigenvalue weighted by molar-refractivity contribution is 7.10. The molecule has 0 saturated carbocycles. The van der Waals surface area contributed by atoms with E-state index in [1.165, 1.54) is 30.6 Å². The molecule has 0 aliphatic rings. The van der Waals surface area contributed by atoms with Crippen LogP contribution in [0, 0.1) is 10.1 Å².